The summed E-state index contributed by atoms with van der Waals surface area (Å²) in [5.41, 5.74) is 0. The van der Waals surface area contributed by atoms with E-state index >= 15 is 0 Å². The van der Waals surface area contributed by atoms with E-state index < -0.39 is 0 Å². The van der Waals surface area contributed by atoms with Gasteiger partial charge in [-0.05, 0) is 49.4 Å². The van der Waals surface area contributed by atoms with Gasteiger partial charge in [-0.2, -0.15) is 0 Å². The molecule has 5 unspecified atom stereocenters. The molecule has 1 heteroatoms. The average Bonchev–Trinajstić information content (AvgIpc) is 2.49. The highest BCUT2D eigenvalue weighted by Gasteiger charge is 2.25. The highest BCUT2D eigenvalue weighted by molar-refractivity contribution is 5.53. The van der Waals surface area contributed by atoms with Gasteiger partial charge < -0.3 is 4.79 Å². The molecule has 122 valence electrons. The van der Waals surface area contributed by atoms with Crippen molar-refractivity contribution < 1.29 is 4.79 Å². The van der Waals surface area contributed by atoms with Crippen molar-refractivity contribution in [3.63, 3.8) is 0 Å². The Labute approximate surface area is 132 Å². The summed E-state index contributed by atoms with van der Waals surface area (Å²) in [5, 5.41) is 0. The minimum absolute atomic E-state index is 0.383. The Morgan fingerprint density at radius 2 is 1.71 bits per heavy atom. The summed E-state index contributed by atoms with van der Waals surface area (Å²) >= 11 is 0. The van der Waals surface area contributed by atoms with E-state index in [4.69, 9.17) is 0 Å². The highest BCUT2D eigenvalue weighted by atomic mass is 16.1. The second-order valence-electron chi connectivity index (χ2n) is 8.22. The predicted molar refractivity (Wildman–Crippen MR) is 90.3 cm³/mol. The zero-order valence-corrected chi connectivity index (χ0v) is 14.4. The highest BCUT2D eigenvalue weighted by Crippen LogP contribution is 2.36. The van der Waals surface area contributed by atoms with E-state index in [2.05, 4.69) is 13.8 Å². The van der Waals surface area contributed by atoms with Crippen LogP contribution < -0.4 is 0 Å². The molecule has 2 rings (SSSR count). The van der Waals surface area contributed by atoms with Crippen LogP contribution in [0, 0.1) is 29.6 Å². The first-order chi connectivity index (χ1) is 10.2. The van der Waals surface area contributed by atoms with Crippen molar-refractivity contribution in [2.75, 3.05) is 0 Å². The average molecular weight is 293 g/mol. The Hall–Kier alpha value is -0.330. The Morgan fingerprint density at radius 1 is 0.905 bits per heavy atom. The summed E-state index contributed by atoms with van der Waals surface area (Å²) < 4.78 is 0. The lowest BCUT2D eigenvalue weighted by Gasteiger charge is -2.32. The van der Waals surface area contributed by atoms with Gasteiger partial charge in [0.2, 0.25) is 0 Å². The fraction of sp³-hybridized carbons (Fsp3) is 0.950. The van der Waals surface area contributed by atoms with Gasteiger partial charge in [0.25, 0.3) is 0 Å². The van der Waals surface area contributed by atoms with Gasteiger partial charge in [-0.3, -0.25) is 0 Å². The van der Waals surface area contributed by atoms with Crippen LogP contribution >= 0.6 is 0 Å². The van der Waals surface area contributed by atoms with Crippen molar-refractivity contribution in [2.45, 2.75) is 90.9 Å². The predicted octanol–water partition coefficient (Wildman–Crippen LogP) is 6.01. The third-order valence-corrected chi connectivity index (χ3v) is 6.31. The molecular weight excluding hydrogens is 256 g/mol. The summed E-state index contributed by atoms with van der Waals surface area (Å²) in [5.74, 6) is 4.17. The van der Waals surface area contributed by atoms with Crippen LogP contribution in [0.2, 0.25) is 0 Å². The largest absolute Gasteiger partial charge is 0.303 e. The Balaban J connectivity index is 1.53. The summed E-state index contributed by atoms with van der Waals surface area (Å²) in [6.07, 6.45) is 17.7. The topological polar surface area (TPSA) is 17.1 Å². The molecule has 0 aromatic heterocycles. The molecule has 2 saturated carbocycles. The standard InChI is InChI=1S/C20H36O/c1-16-11-12-20(17(2)13-16)10-5-3-4-7-18-8-6-9-19(14-18)15-21/h15-20H,3-14H2,1-2H3. The van der Waals surface area contributed by atoms with Crippen LogP contribution in [-0.4, -0.2) is 6.29 Å². The first-order valence-electron chi connectivity index (χ1n) is 9.64. The maximum Gasteiger partial charge on any atom is 0.123 e. The minimum Gasteiger partial charge on any atom is -0.303 e. The second-order valence-corrected chi connectivity index (χ2v) is 8.22. The van der Waals surface area contributed by atoms with Crippen molar-refractivity contribution >= 4 is 6.29 Å². The van der Waals surface area contributed by atoms with Crippen molar-refractivity contribution in [1.29, 1.82) is 0 Å². The molecule has 0 amide bonds. The van der Waals surface area contributed by atoms with E-state index in [1.165, 1.54) is 76.9 Å². The Bertz CT molecular complexity index is 298. The van der Waals surface area contributed by atoms with Gasteiger partial charge in [-0.25, -0.2) is 0 Å². The van der Waals surface area contributed by atoms with E-state index in [0.29, 0.717) is 5.92 Å². The number of hydrogen-bond acceptors (Lipinski definition) is 1. The third-order valence-electron chi connectivity index (χ3n) is 6.31. The van der Waals surface area contributed by atoms with Crippen LogP contribution in [0.5, 0.6) is 0 Å². The molecule has 0 saturated heterocycles. The molecule has 0 heterocycles. The molecule has 0 bridgehead atoms. The van der Waals surface area contributed by atoms with E-state index in [9.17, 15) is 4.79 Å². The normalized spacial score (nSPS) is 37.3. The van der Waals surface area contributed by atoms with Crippen molar-refractivity contribution in [2.24, 2.45) is 29.6 Å². The maximum absolute atomic E-state index is 10.9. The van der Waals surface area contributed by atoms with Gasteiger partial charge in [-0.15, -0.1) is 0 Å². The first-order valence-corrected chi connectivity index (χ1v) is 9.64. The monoisotopic (exact) mass is 292 g/mol. The maximum atomic E-state index is 10.9. The van der Waals surface area contributed by atoms with Crippen LogP contribution in [-0.2, 0) is 4.79 Å². The third kappa shape index (κ3) is 5.75. The Kier molecular flexibility index (Phi) is 7.26. The van der Waals surface area contributed by atoms with Crippen LogP contribution in [0.1, 0.15) is 90.9 Å². The van der Waals surface area contributed by atoms with Gasteiger partial charge in [0, 0.05) is 5.92 Å². The molecular formula is C20H36O. The molecule has 2 fully saturated rings. The molecule has 21 heavy (non-hydrogen) atoms. The molecule has 0 spiro atoms. The van der Waals surface area contributed by atoms with Crippen molar-refractivity contribution in [3.05, 3.63) is 0 Å². The molecule has 2 aliphatic carbocycles. The fourth-order valence-electron chi connectivity index (χ4n) is 4.89. The number of hydrogen-bond donors (Lipinski definition) is 0. The summed E-state index contributed by atoms with van der Waals surface area (Å²) in [6.45, 7) is 4.89. The van der Waals surface area contributed by atoms with Crippen LogP contribution in [0.3, 0.4) is 0 Å². The molecule has 0 aromatic carbocycles. The lowest BCUT2D eigenvalue weighted by molar-refractivity contribution is -0.112. The number of aldehydes is 1. The minimum atomic E-state index is 0.383. The van der Waals surface area contributed by atoms with Crippen molar-refractivity contribution in [1.82, 2.24) is 0 Å². The van der Waals surface area contributed by atoms with E-state index in [1.807, 2.05) is 0 Å². The van der Waals surface area contributed by atoms with Crippen LogP contribution in [0.4, 0.5) is 0 Å². The summed E-state index contributed by atoms with van der Waals surface area (Å²) in [4.78, 5) is 10.9. The number of rotatable bonds is 7. The lowest BCUT2D eigenvalue weighted by atomic mass is 9.73. The molecule has 0 radical (unpaired) electrons. The van der Waals surface area contributed by atoms with Gasteiger partial charge >= 0.3 is 0 Å². The van der Waals surface area contributed by atoms with Gasteiger partial charge in [0.1, 0.15) is 6.29 Å². The number of unbranched alkanes of at least 4 members (excludes halogenated alkanes) is 2. The molecule has 0 aliphatic heterocycles. The van der Waals surface area contributed by atoms with Gasteiger partial charge in [0.15, 0.2) is 0 Å². The quantitative estimate of drug-likeness (QED) is 0.414. The zero-order valence-electron chi connectivity index (χ0n) is 14.4. The fourth-order valence-corrected chi connectivity index (χ4v) is 4.89. The van der Waals surface area contributed by atoms with Gasteiger partial charge in [0.05, 0.1) is 0 Å². The van der Waals surface area contributed by atoms with Crippen LogP contribution in [0.25, 0.3) is 0 Å². The summed E-state index contributed by atoms with van der Waals surface area (Å²) in [6, 6.07) is 0. The van der Waals surface area contributed by atoms with Crippen molar-refractivity contribution in [3.8, 4) is 0 Å². The molecule has 2 aliphatic rings. The van der Waals surface area contributed by atoms with E-state index in [0.717, 1.165) is 30.1 Å². The van der Waals surface area contributed by atoms with Crippen LogP contribution in [0.15, 0.2) is 0 Å². The first kappa shape index (κ1) is 17.0. The SMILES string of the molecule is CC1CCC(CCCCCC2CCCC(C=O)C2)C(C)C1. The van der Waals surface area contributed by atoms with E-state index in [-0.39, 0.29) is 0 Å². The number of carbonyl (C=O) groups is 1. The van der Waals surface area contributed by atoms with E-state index in [1.54, 1.807) is 0 Å². The lowest BCUT2D eigenvalue weighted by Crippen LogP contribution is -2.21. The summed E-state index contributed by atoms with van der Waals surface area (Å²) in [7, 11) is 0. The molecule has 0 N–H and O–H groups in total. The zero-order chi connectivity index (χ0) is 15.1. The Morgan fingerprint density at radius 3 is 2.48 bits per heavy atom. The smallest absolute Gasteiger partial charge is 0.123 e. The second kappa shape index (κ2) is 8.96. The molecule has 1 nitrogen and oxygen atoms in total. The number of carbonyl (C=O) groups excluding carboxylic acids is 1. The van der Waals surface area contributed by atoms with Gasteiger partial charge in [-0.1, -0.05) is 65.2 Å². The molecule has 5 atom stereocenters. The molecule has 0 aromatic rings.